The predicted molar refractivity (Wildman–Crippen MR) is 66.2 cm³/mol. The first-order valence-corrected chi connectivity index (χ1v) is 5.42. The number of hydrogen-bond donors (Lipinski definition) is 1. The van der Waals surface area contributed by atoms with Gasteiger partial charge in [-0.15, -0.1) is 0 Å². The van der Waals surface area contributed by atoms with Crippen LogP contribution in [0.3, 0.4) is 0 Å². The zero-order valence-electron chi connectivity index (χ0n) is 10.0. The van der Waals surface area contributed by atoms with Crippen molar-refractivity contribution in [3.05, 3.63) is 17.7 Å². The zero-order valence-corrected chi connectivity index (χ0v) is 10.0. The first-order valence-electron chi connectivity index (χ1n) is 5.42. The molecule has 0 fully saturated rings. The molecule has 5 nitrogen and oxygen atoms in total. The highest BCUT2D eigenvalue weighted by molar-refractivity contribution is 5.81. The molecule has 1 aliphatic heterocycles. The Bertz CT molecular complexity index is 418. The summed E-state index contributed by atoms with van der Waals surface area (Å²) in [5, 5.41) is 3.09. The van der Waals surface area contributed by atoms with E-state index in [1.807, 2.05) is 12.1 Å². The highest BCUT2D eigenvalue weighted by atomic mass is 16.5. The van der Waals surface area contributed by atoms with Crippen LogP contribution in [0.1, 0.15) is 5.56 Å². The van der Waals surface area contributed by atoms with Gasteiger partial charge in [0.1, 0.15) is 6.61 Å². The Hall–Kier alpha value is -1.75. The second kappa shape index (κ2) is 5.54. The molecule has 1 N–H and O–H groups in total. The van der Waals surface area contributed by atoms with Gasteiger partial charge in [0.25, 0.3) is 0 Å². The van der Waals surface area contributed by atoms with Crippen LogP contribution in [0.5, 0.6) is 11.5 Å². The van der Waals surface area contributed by atoms with Crippen LogP contribution >= 0.6 is 0 Å². The molecule has 1 heterocycles. The fraction of sp³-hybridized carbons (Fsp3) is 0.417. The molecule has 5 heteroatoms. The van der Waals surface area contributed by atoms with E-state index in [1.54, 1.807) is 20.6 Å². The topological polar surface area (TPSA) is 52.1 Å². The fourth-order valence-corrected chi connectivity index (χ4v) is 1.63. The van der Waals surface area contributed by atoms with Gasteiger partial charge in [0.2, 0.25) is 0 Å². The van der Waals surface area contributed by atoms with E-state index in [4.69, 9.17) is 14.2 Å². The molecule has 0 bridgehead atoms. The number of anilines is 1. The maximum absolute atomic E-state index is 5.60. The van der Waals surface area contributed by atoms with E-state index in [1.165, 1.54) is 0 Å². The third-order valence-corrected chi connectivity index (χ3v) is 2.51. The van der Waals surface area contributed by atoms with E-state index in [9.17, 15) is 0 Å². The fourth-order valence-electron chi connectivity index (χ4n) is 1.63. The lowest BCUT2D eigenvalue weighted by Gasteiger charge is -2.17. The van der Waals surface area contributed by atoms with E-state index >= 15 is 0 Å². The number of fused-ring (bicyclic) bond motifs is 1. The Morgan fingerprint density at radius 3 is 2.88 bits per heavy atom. The maximum atomic E-state index is 5.60. The number of aliphatic imine (C=N–C) groups is 1. The van der Waals surface area contributed by atoms with E-state index in [-0.39, 0.29) is 0 Å². The van der Waals surface area contributed by atoms with Crippen molar-refractivity contribution in [1.82, 2.24) is 0 Å². The van der Waals surface area contributed by atoms with Gasteiger partial charge >= 0.3 is 0 Å². The Morgan fingerprint density at radius 1 is 1.24 bits per heavy atom. The molecule has 1 aromatic carbocycles. The number of benzene rings is 1. The maximum Gasteiger partial charge on any atom is 0.163 e. The number of hydrogen-bond acceptors (Lipinski definition) is 5. The summed E-state index contributed by atoms with van der Waals surface area (Å²) in [6.07, 6.45) is 1.69. The molecule has 1 aliphatic rings. The molecule has 0 spiro atoms. The lowest BCUT2D eigenvalue weighted by Crippen LogP contribution is -2.09. The summed E-state index contributed by atoms with van der Waals surface area (Å²) in [5.41, 5.74) is 2.11. The average molecular weight is 236 g/mol. The smallest absolute Gasteiger partial charge is 0.163 e. The van der Waals surface area contributed by atoms with Crippen LogP contribution in [0.2, 0.25) is 0 Å². The quantitative estimate of drug-likeness (QED) is 0.790. The van der Waals surface area contributed by atoms with Gasteiger partial charge in [-0.05, 0) is 6.07 Å². The third-order valence-electron chi connectivity index (χ3n) is 2.51. The molecule has 0 radical (unpaired) electrons. The van der Waals surface area contributed by atoms with Crippen LogP contribution in [0.15, 0.2) is 17.1 Å². The van der Waals surface area contributed by atoms with E-state index in [2.05, 4.69) is 10.3 Å². The van der Waals surface area contributed by atoms with E-state index in [0.29, 0.717) is 25.5 Å². The van der Waals surface area contributed by atoms with Crippen LogP contribution in [-0.4, -0.2) is 33.8 Å². The van der Waals surface area contributed by atoms with Crippen LogP contribution < -0.4 is 14.8 Å². The largest absolute Gasteiger partial charge is 0.493 e. The molecule has 0 saturated carbocycles. The number of nitrogens with zero attached hydrogens (tertiary/aromatic N) is 1. The summed E-state index contributed by atoms with van der Waals surface area (Å²) in [6, 6.07) is 3.87. The van der Waals surface area contributed by atoms with Crippen molar-refractivity contribution >= 4 is 12.0 Å². The number of rotatable bonds is 5. The van der Waals surface area contributed by atoms with Crippen molar-refractivity contribution in [1.29, 1.82) is 0 Å². The van der Waals surface area contributed by atoms with Crippen molar-refractivity contribution in [2.75, 3.05) is 32.8 Å². The lowest BCUT2D eigenvalue weighted by atomic mass is 10.1. The molecular weight excluding hydrogens is 220 g/mol. The lowest BCUT2D eigenvalue weighted by molar-refractivity contribution is 0.144. The van der Waals surface area contributed by atoms with Gasteiger partial charge in [-0.25, -0.2) is 0 Å². The summed E-state index contributed by atoms with van der Waals surface area (Å²) in [7, 11) is 3.27. The van der Waals surface area contributed by atoms with Gasteiger partial charge in [-0.2, -0.15) is 0 Å². The zero-order chi connectivity index (χ0) is 12.1. The van der Waals surface area contributed by atoms with Crippen molar-refractivity contribution in [2.45, 2.75) is 6.54 Å². The van der Waals surface area contributed by atoms with Gasteiger partial charge < -0.3 is 19.5 Å². The molecule has 92 valence electrons. The first-order chi connectivity index (χ1) is 8.35. The average Bonchev–Trinajstić information content (AvgIpc) is 2.38. The van der Waals surface area contributed by atoms with E-state index in [0.717, 1.165) is 17.0 Å². The van der Waals surface area contributed by atoms with Crippen LogP contribution in [0.25, 0.3) is 0 Å². The molecule has 0 atom stereocenters. The van der Waals surface area contributed by atoms with Crippen molar-refractivity contribution in [3.63, 3.8) is 0 Å². The highest BCUT2D eigenvalue weighted by Crippen LogP contribution is 2.34. The molecule has 2 rings (SSSR count). The summed E-state index contributed by atoms with van der Waals surface area (Å²) >= 11 is 0. The molecule has 0 saturated heterocycles. The number of nitrogens with one attached hydrogen (secondary N) is 1. The van der Waals surface area contributed by atoms with Crippen LogP contribution in [0, 0.1) is 0 Å². The van der Waals surface area contributed by atoms with Crippen molar-refractivity contribution in [2.24, 2.45) is 4.99 Å². The first kappa shape index (κ1) is 11.7. The molecule has 0 unspecified atom stereocenters. The van der Waals surface area contributed by atoms with Gasteiger partial charge in [0.05, 0.1) is 26.6 Å². The molecule has 1 aromatic rings. The third kappa shape index (κ3) is 2.68. The number of ether oxygens (including phenoxy) is 3. The SMILES string of the molecule is COCCOc1cc2c(cc1OC)CN=CN2. The predicted octanol–water partition coefficient (Wildman–Crippen LogP) is 1.67. The molecule has 0 amide bonds. The summed E-state index contributed by atoms with van der Waals surface area (Å²) in [5.74, 6) is 1.44. The Morgan fingerprint density at radius 2 is 2.12 bits per heavy atom. The summed E-state index contributed by atoms with van der Waals surface area (Å²) in [6.45, 7) is 1.71. The minimum Gasteiger partial charge on any atom is -0.493 e. The standard InChI is InChI=1S/C12H16N2O3/c1-15-3-4-17-12-6-10-9(5-11(12)16-2)7-13-8-14-10/h5-6,8H,3-4,7H2,1-2H3,(H,13,14). The number of methoxy groups -OCH3 is 2. The molecule has 0 aliphatic carbocycles. The van der Waals surface area contributed by atoms with Crippen molar-refractivity contribution < 1.29 is 14.2 Å². The van der Waals surface area contributed by atoms with Gasteiger partial charge in [-0.1, -0.05) is 0 Å². The summed E-state index contributed by atoms with van der Waals surface area (Å²) < 4.78 is 15.8. The van der Waals surface area contributed by atoms with Crippen LogP contribution in [0.4, 0.5) is 5.69 Å². The second-order valence-electron chi connectivity index (χ2n) is 3.62. The Kier molecular flexibility index (Phi) is 3.82. The van der Waals surface area contributed by atoms with E-state index < -0.39 is 0 Å². The second-order valence-corrected chi connectivity index (χ2v) is 3.62. The molecular formula is C12H16N2O3. The Balaban J connectivity index is 2.19. The normalized spacial score (nSPS) is 12.8. The van der Waals surface area contributed by atoms with Gasteiger partial charge in [0, 0.05) is 24.4 Å². The van der Waals surface area contributed by atoms with Crippen LogP contribution in [-0.2, 0) is 11.3 Å². The van der Waals surface area contributed by atoms with Gasteiger partial charge in [-0.3, -0.25) is 4.99 Å². The molecule has 17 heavy (non-hydrogen) atoms. The highest BCUT2D eigenvalue weighted by Gasteiger charge is 2.12. The minimum atomic E-state index is 0.500. The molecule has 0 aromatic heterocycles. The minimum absolute atomic E-state index is 0.500. The Labute approximate surface area is 100 Å². The van der Waals surface area contributed by atoms with Gasteiger partial charge in [0.15, 0.2) is 11.5 Å². The monoisotopic (exact) mass is 236 g/mol. The summed E-state index contributed by atoms with van der Waals surface area (Å²) in [4.78, 5) is 4.15. The van der Waals surface area contributed by atoms with Crippen molar-refractivity contribution in [3.8, 4) is 11.5 Å².